The molecule has 1 saturated carbocycles. The largest absolute Gasteiger partial charge is 0.495 e. The first-order chi connectivity index (χ1) is 14.7. The number of thiophene rings is 1. The first-order valence-corrected chi connectivity index (χ1v) is 11.5. The average Bonchev–Trinajstić information content (AvgIpc) is 3.52. The summed E-state index contributed by atoms with van der Waals surface area (Å²) in [6.45, 7) is 0. The van der Waals surface area contributed by atoms with Crippen LogP contribution in [0.15, 0.2) is 46.9 Å². The van der Waals surface area contributed by atoms with Gasteiger partial charge in [-0.05, 0) is 49.3 Å². The van der Waals surface area contributed by atoms with E-state index in [0.717, 1.165) is 23.4 Å². The van der Waals surface area contributed by atoms with E-state index in [1.165, 1.54) is 11.8 Å². The van der Waals surface area contributed by atoms with Gasteiger partial charge in [0.15, 0.2) is 11.0 Å². The molecule has 0 atom stereocenters. The van der Waals surface area contributed by atoms with Crippen LogP contribution in [0.3, 0.4) is 0 Å². The number of nitriles is 1. The van der Waals surface area contributed by atoms with Crippen molar-refractivity contribution in [2.24, 2.45) is 0 Å². The molecule has 4 rings (SSSR count). The number of nitrogens with zero attached hydrogens (tertiary/aromatic N) is 4. The van der Waals surface area contributed by atoms with Gasteiger partial charge in [-0.3, -0.25) is 9.36 Å². The molecule has 0 radical (unpaired) electrons. The number of ether oxygens (including phenoxy) is 1. The van der Waals surface area contributed by atoms with Crippen molar-refractivity contribution < 1.29 is 9.53 Å². The third kappa shape index (κ3) is 4.06. The lowest BCUT2D eigenvalue weighted by Gasteiger charge is -2.21. The normalized spacial score (nSPS) is 14.9. The molecule has 2 aromatic heterocycles. The Morgan fingerprint density at radius 2 is 2.10 bits per heavy atom. The second-order valence-electron chi connectivity index (χ2n) is 7.03. The second kappa shape index (κ2) is 8.90. The molecule has 0 spiro atoms. The van der Waals surface area contributed by atoms with Crippen molar-refractivity contribution in [2.45, 2.75) is 36.4 Å². The molecular weight excluding hydrogens is 418 g/mol. The number of carbonyl (C=O) groups excluding carboxylic acids is 1. The van der Waals surface area contributed by atoms with Crippen LogP contribution < -0.4 is 10.1 Å². The molecule has 30 heavy (non-hydrogen) atoms. The number of carbonyl (C=O) groups is 1. The van der Waals surface area contributed by atoms with Crippen molar-refractivity contribution in [3.8, 4) is 28.2 Å². The minimum absolute atomic E-state index is 0.154. The highest BCUT2D eigenvalue weighted by atomic mass is 32.2. The Morgan fingerprint density at radius 3 is 2.80 bits per heavy atom. The number of methoxy groups -OCH3 is 1. The minimum atomic E-state index is -0.726. The van der Waals surface area contributed by atoms with Crippen molar-refractivity contribution in [3.63, 3.8) is 0 Å². The number of rotatable bonds is 7. The highest BCUT2D eigenvalue weighted by molar-refractivity contribution is 7.99. The van der Waals surface area contributed by atoms with Crippen LogP contribution in [-0.4, -0.2) is 39.1 Å². The summed E-state index contributed by atoms with van der Waals surface area (Å²) in [5.74, 6) is 1.37. The second-order valence-corrected chi connectivity index (χ2v) is 8.92. The molecule has 3 aromatic rings. The third-order valence-corrected chi connectivity index (χ3v) is 6.88. The number of thioether (sulfide) groups is 1. The van der Waals surface area contributed by atoms with Gasteiger partial charge in [-0.1, -0.05) is 30.0 Å². The van der Waals surface area contributed by atoms with Gasteiger partial charge in [0, 0.05) is 0 Å². The van der Waals surface area contributed by atoms with Crippen LogP contribution in [0, 0.1) is 11.3 Å². The first-order valence-electron chi connectivity index (χ1n) is 9.63. The summed E-state index contributed by atoms with van der Waals surface area (Å²) < 4.78 is 7.46. The molecule has 2 heterocycles. The molecule has 7 nitrogen and oxygen atoms in total. The van der Waals surface area contributed by atoms with Crippen LogP contribution in [0.2, 0.25) is 0 Å². The lowest BCUT2D eigenvalue weighted by Crippen LogP contribution is -2.45. The summed E-state index contributed by atoms with van der Waals surface area (Å²) in [7, 11) is 1.62. The Kier molecular flexibility index (Phi) is 6.06. The molecule has 1 N–H and O–H groups in total. The predicted molar refractivity (Wildman–Crippen MR) is 117 cm³/mol. The van der Waals surface area contributed by atoms with Crippen molar-refractivity contribution in [2.75, 3.05) is 12.9 Å². The van der Waals surface area contributed by atoms with E-state index in [4.69, 9.17) is 4.74 Å². The molecule has 9 heteroatoms. The zero-order valence-electron chi connectivity index (χ0n) is 16.5. The van der Waals surface area contributed by atoms with E-state index in [-0.39, 0.29) is 11.7 Å². The molecule has 1 amide bonds. The summed E-state index contributed by atoms with van der Waals surface area (Å²) in [6.07, 6.45) is 3.35. The van der Waals surface area contributed by atoms with Gasteiger partial charge < -0.3 is 10.1 Å². The molecule has 1 aliphatic rings. The molecule has 1 fully saturated rings. The first kappa shape index (κ1) is 20.4. The molecular formula is C21H21N5O2S2. The Bertz CT molecular complexity index is 1070. The van der Waals surface area contributed by atoms with Gasteiger partial charge in [0.25, 0.3) is 0 Å². The lowest BCUT2D eigenvalue weighted by atomic mass is 10.0. The molecule has 0 saturated heterocycles. The average molecular weight is 440 g/mol. The van der Waals surface area contributed by atoms with Crippen LogP contribution in [0.5, 0.6) is 5.75 Å². The van der Waals surface area contributed by atoms with Gasteiger partial charge in [-0.2, -0.15) is 5.26 Å². The topological polar surface area (TPSA) is 92.8 Å². The van der Waals surface area contributed by atoms with Gasteiger partial charge in [0.05, 0.1) is 29.5 Å². The van der Waals surface area contributed by atoms with Gasteiger partial charge in [-0.25, -0.2) is 0 Å². The molecule has 1 aliphatic carbocycles. The third-order valence-electron chi connectivity index (χ3n) is 5.08. The summed E-state index contributed by atoms with van der Waals surface area (Å²) >= 11 is 2.87. The summed E-state index contributed by atoms with van der Waals surface area (Å²) in [6, 6.07) is 13.9. The maximum atomic E-state index is 12.6. The molecule has 0 unspecified atom stereocenters. The van der Waals surface area contributed by atoms with E-state index >= 15 is 0 Å². The standard InChI is InChI=1S/C21H21N5O2S2/c1-28-16-8-3-2-7-15(16)26-19(17-9-6-12-29-17)24-25-20(26)30-13-18(27)23-21(14-22)10-4-5-11-21/h2-3,6-9,12H,4-5,10-11,13H2,1H3,(H,23,27). The Hall–Kier alpha value is -2.83. The number of nitrogens with one attached hydrogen (secondary N) is 1. The summed E-state index contributed by atoms with van der Waals surface area (Å²) in [5, 5.41) is 23.7. The fourth-order valence-electron chi connectivity index (χ4n) is 3.64. The van der Waals surface area contributed by atoms with Crippen LogP contribution in [0.1, 0.15) is 25.7 Å². The fraction of sp³-hybridized carbons (Fsp3) is 0.333. The summed E-state index contributed by atoms with van der Waals surface area (Å²) in [5.41, 5.74) is 0.0800. The Balaban J connectivity index is 1.61. The molecule has 154 valence electrons. The van der Waals surface area contributed by atoms with E-state index in [1.807, 2.05) is 46.3 Å². The number of para-hydroxylation sites is 2. The maximum Gasteiger partial charge on any atom is 0.231 e. The quantitative estimate of drug-likeness (QED) is 0.558. The highest BCUT2D eigenvalue weighted by Gasteiger charge is 2.35. The number of hydrogen-bond acceptors (Lipinski definition) is 7. The lowest BCUT2D eigenvalue weighted by molar-refractivity contribution is -0.119. The Morgan fingerprint density at radius 1 is 1.30 bits per heavy atom. The van der Waals surface area contributed by atoms with Crippen molar-refractivity contribution in [3.05, 3.63) is 41.8 Å². The highest BCUT2D eigenvalue weighted by Crippen LogP contribution is 2.34. The predicted octanol–water partition coefficient (Wildman–Crippen LogP) is 4.05. The smallest absolute Gasteiger partial charge is 0.231 e. The SMILES string of the molecule is COc1ccccc1-n1c(SCC(=O)NC2(C#N)CCCC2)nnc1-c1cccs1. The van der Waals surface area contributed by atoms with E-state index < -0.39 is 5.54 Å². The maximum absolute atomic E-state index is 12.6. The van der Waals surface area contributed by atoms with E-state index in [2.05, 4.69) is 21.6 Å². The van der Waals surface area contributed by atoms with E-state index in [9.17, 15) is 10.1 Å². The zero-order valence-corrected chi connectivity index (χ0v) is 18.1. The number of aromatic nitrogens is 3. The number of amides is 1. The van der Waals surface area contributed by atoms with Gasteiger partial charge in [0.2, 0.25) is 5.91 Å². The monoisotopic (exact) mass is 439 g/mol. The van der Waals surface area contributed by atoms with Crippen LogP contribution in [0.25, 0.3) is 16.4 Å². The van der Waals surface area contributed by atoms with Crippen LogP contribution >= 0.6 is 23.1 Å². The molecule has 1 aromatic carbocycles. The Labute approximate surface area is 183 Å². The van der Waals surface area contributed by atoms with E-state index in [0.29, 0.717) is 29.6 Å². The molecule has 0 bridgehead atoms. The van der Waals surface area contributed by atoms with Gasteiger partial charge in [0.1, 0.15) is 11.3 Å². The van der Waals surface area contributed by atoms with Gasteiger partial charge >= 0.3 is 0 Å². The number of hydrogen-bond donors (Lipinski definition) is 1. The van der Waals surface area contributed by atoms with Crippen molar-refractivity contribution in [1.29, 1.82) is 5.26 Å². The zero-order chi connectivity index (χ0) is 21.0. The van der Waals surface area contributed by atoms with Gasteiger partial charge in [-0.15, -0.1) is 21.5 Å². The summed E-state index contributed by atoms with van der Waals surface area (Å²) in [4.78, 5) is 13.6. The van der Waals surface area contributed by atoms with E-state index in [1.54, 1.807) is 18.4 Å². The van der Waals surface area contributed by atoms with Crippen LogP contribution in [-0.2, 0) is 4.79 Å². The van der Waals surface area contributed by atoms with Crippen molar-refractivity contribution >= 4 is 29.0 Å². The molecule has 0 aliphatic heterocycles. The minimum Gasteiger partial charge on any atom is -0.495 e. The van der Waals surface area contributed by atoms with Crippen LogP contribution in [0.4, 0.5) is 0 Å². The number of benzene rings is 1. The fourth-order valence-corrected chi connectivity index (χ4v) is 5.08. The van der Waals surface area contributed by atoms with Crippen molar-refractivity contribution in [1.82, 2.24) is 20.1 Å².